The van der Waals surface area contributed by atoms with Gasteiger partial charge in [-0.05, 0) is 31.4 Å². The van der Waals surface area contributed by atoms with Crippen LogP contribution in [0.15, 0.2) is 18.3 Å². The molecule has 1 aliphatic rings. The molecule has 0 unspecified atom stereocenters. The van der Waals surface area contributed by atoms with Crippen molar-refractivity contribution in [2.75, 3.05) is 26.3 Å². The predicted octanol–water partition coefficient (Wildman–Crippen LogP) is 3.15. The number of hydrogen-bond acceptors (Lipinski definition) is 4. The number of nitrogens with zero attached hydrogens (tertiary/aromatic N) is 2. The van der Waals surface area contributed by atoms with E-state index in [4.69, 9.17) is 9.47 Å². The van der Waals surface area contributed by atoms with Gasteiger partial charge in [-0.15, -0.1) is 0 Å². The van der Waals surface area contributed by atoms with Crippen LogP contribution in [0, 0.1) is 5.92 Å². The molecule has 1 aromatic rings. The lowest BCUT2D eigenvalue weighted by Gasteiger charge is -2.33. The highest BCUT2D eigenvalue weighted by Gasteiger charge is 2.26. The molecule has 0 N–H and O–H groups in total. The van der Waals surface area contributed by atoms with Crippen LogP contribution in [-0.2, 0) is 4.74 Å². The summed E-state index contributed by atoms with van der Waals surface area (Å²) in [6, 6.07) is 3.56. The average molecular weight is 320 g/mol. The van der Waals surface area contributed by atoms with Crippen LogP contribution in [0.25, 0.3) is 0 Å². The number of rotatable bonds is 7. The van der Waals surface area contributed by atoms with Gasteiger partial charge in [0.15, 0.2) is 0 Å². The molecule has 1 saturated heterocycles. The Morgan fingerprint density at radius 2 is 2.35 bits per heavy atom. The van der Waals surface area contributed by atoms with Gasteiger partial charge in [0.25, 0.3) is 5.91 Å². The van der Waals surface area contributed by atoms with Crippen molar-refractivity contribution in [1.29, 1.82) is 0 Å². The van der Waals surface area contributed by atoms with Gasteiger partial charge in [0, 0.05) is 19.3 Å². The second-order valence-corrected chi connectivity index (χ2v) is 6.36. The van der Waals surface area contributed by atoms with Crippen LogP contribution >= 0.6 is 0 Å². The van der Waals surface area contributed by atoms with Crippen LogP contribution in [0.4, 0.5) is 0 Å². The molecule has 128 valence electrons. The second kappa shape index (κ2) is 8.87. The molecule has 1 amide bonds. The summed E-state index contributed by atoms with van der Waals surface area (Å²) in [5.41, 5.74) is 0.539. The maximum absolute atomic E-state index is 12.8. The number of carbonyl (C=O) groups excluding carboxylic acids is 1. The number of morpholine rings is 1. The van der Waals surface area contributed by atoms with Gasteiger partial charge in [0.1, 0.15) is 5.56 Å². The summed E-state index contributed by atoms with van der Waals surface area (Å²) in [6.07, 6.45) is 5.13. The fourth-order valence-corrected chi connectivity index (χ4v) is 2.81. The zero-order valence-corrected chi connectivity index (χ0v) is 14.5. The van der Waals surface area contributed by atoms with Crippen LogP contribution in [0.1, 0.15) is 50.4 Å². The Kier molecular flexibility index (Phi) is 6.84. The maximum Gasteiger partial charge on any atom is 0.259 e. The van der Waals surface area contributed by atoms with Crippen molar-refractivity contribution in [3.63, 3.8) is 0 Å². The quantitative estimate of drug-likeness (QED) is 0.774. The Morgan fingerprint density at radius 3 is 3.09 bits per heavy atom. The summed E-state index contributed by atoms with van der Waals surface area (Å²) in [4.78, 5) is 18.8. The maximum atomic E-state index is 12.8. The van der Waals surface area contributed by atoms with Crippen molar-refractivity contribution in [2.45, 2.75) is 46.1 Å². The summed E-state index contributed by atoms with van der Waals surface area (Å²) >= 11 is 0. The first-order chi connectivity index (χ1) is 11.1. The summed E-state index contributed by atoms with van der Waals surface area (Å²) in [5, 5.41) is 0. The van der Waals surface area contributed by atoms with Gasteiger partial charge in [-0.2, -0.15) is 0 Å². The third kappa shape index (κ3) is 5.20. The molecule has 23 heavy (non-hydrogen) atoms. The molecule has 0 bridgehead atoms. The predicted molar refractivity (Wildman–Crippen MR) is 89.7 cm³/mol. The topological polar surface area (TPSA) is 51.7 Å². The van der Waals surface area contributed by atoms with Crippen LogP contribution in [0.5, 0.6) is 5.88 Å². The van der Waals surface area contributed by atoms with E-state index in [1.54, 1.807) is 18.3 Å². The van der Waals surface area contributed by atoms with E-state index >= 15 is 0 Å². The first kappa shape index (κ1) is 17.7. The first-order valence-corrected chi connectivity index (χ1v) is 8.60. The Hall–Kier alpha value is -1.62. The largest absolute Gasteiger partial charge is 0.477 e. The Balaban J connectivity index is 1.96. The van der Waals surface area contributed by atoms with Gasteiger partial charge in [-0.3, -0.25) is 4.79 Å². The number of hydrogen-bond donors (Lipinski definition) is 0. The summed E-state index contributed by atoms with van der Waals surface area (Å²) in [6.45, 7) is 8.73. The number of ether oxygens (including phenoxy) is 2. The third-order valence-electron chi connectivity index (χ3n) is 4.02. The standard InChI is InChI=1S/C18H28N2O3/c1-4-22-17-16(9-6-10-19-17)18(21)20-11-12-23-15(13-20)8-5-7-14(2)3/h6,9-10,14-15H,4-5,7-8,11-13H2,1-3H3/t15-/m0/s1. The van der Waals surface area contributed by atoms with E-state index < -0.39 is 0 Å². The van der Waals surface area contributed by atoms with Crippen LogP contribution < -0.4 is 4.74 Å². The highest BCUT2D eigenvalue weighted by atomic mass is 16.5. The fourth-order valence-electron chi connectivity index (χ4n) is 2.81. The van der Waals surface area contributed by atoms with E-state index in [0.717, 1.165) is 12.8 Å². The fraction of sp³-hybridized carbons (Fsp3) is 0.667. The molecule has 0 radical (unpaired) electrons. The van der Waals surface area contributed by atoms with Gasteiger partial charge in [0.2, 0.25) is 5.88 Å². The molecule has 1 fully saturated rings. The third-order valence-corrected chi connectivity index (χ3v) is 4.02. The SMILES string of the molecule is CCOc1ncccc1C(=O)N1CCO[C@@H](CCCC(C)C)C1. The number of pyridine rings is 1. The Labute approximate surface area is 139 Å². The minimum atomic E-state index is -0.0151. The lowest BCUT2D eigenvalue weighted by Crippen LogP contribution is -2.45. The van der Waals surface area contributed by atoms with E-state index in [1.165, 1.54) is 6.42 Å². The average Bonchev–Trinajstić information content (AvgIpc) is 2.55. The van der Waals surface area contributed by atoms with Crippen molar-refractivity contribution in [3.05, 3.63) is 23.9 Å². The van der Waals surface area contributed by atoms with E-state index in [9.17, 15) is 4.79 Å². The van der Waals surface area contributed by atoms with Crippen molar-refractivity contribution in [2.24, 2.45) is 5.92 Å². The smallest absolute Gasteiger partial charge is 0.259 e. The van der Waals surface area contributed by atoms with Crippen molar-refractivity contribution < 1.29 is 14.3 Å². The summed E-state index contributed by atoms with van der Waals surface area (Å²) in [5.74, 6) is 1.11. The van der Waals surface area contributed by atoms with Crippen molar-refractivity contribution in [1.82, 2.24) is 9.88 Å². The van der Waals surface area contributed by atoms with E-state index in [1.807, 2.05) is 11.8 Å². The molecule has 5 nitrogen and oxygen atoms in total. The monoisotopic (exact) mass is 320 g/mol. The molecule has 0 aromatic carbocycles. The first-order valence-electron chi connectivity index (χ1n) is 8.60. The molecule has 0 saturated carbocycles. The molecule has 1 atom stereocenters. The normalized spacial score (nSPS) is 18.3. The number of aromatic nitrogens is 1. The van der Waals surface area contributed by atoms with Crippen LogP contribution in [0.2, 0.25) is 0 Å². The molecular weight excluding hydrogens is 292 g/mol. The molecule has 0 spiro atoms. The minimum Gasteiger partial charge on any atom is -0.477 e. The van der Waals surface area contributed by atoms with Crippen LogP contribution in [-0.4, -0.2) is 48.2 Å². The molecular formula is C18H28N2O3. The Morgan fingerprint density at radius 1 is 1.52 bits per heavy atom. The Bertz CT molecular complexity index is 505. The second-order valence-electron chi connectivity index (χ2n) is 6.36. The zero-order chi connectivity index (χ0) is 16.7. The molecule has 2 rings (SSSR count). The van der Waals surface area contributed by atoms with E-state index in [-0.39, 0.29) is 12.0 Å². The highest BCUT2D eigenvalue weighted by molar-refractivity contribution is 5.96. The van der Waals surface area contributed by atoms with Crippen molar-refractivity contribution >= 4 is 5.91 Å². The number of carbonyl (C=O) groups is 1. The molecule has 1 aromatic heterocycles. The van der Waals surface area contributed by atoms with Crippen LogP contribution in [0.3, 0.4) is 0 Å². The highest BCUT2D eigenvalue weighted by Crippen LogP contribution is 2.20. The van der Waals surface area contributed by atoms with Gasteiger partial charge in [0.05, 0.1) is 19.3 Å². The van der Waals surface area contributed by atoms with Crippen molar-refractivity contribution in [3.8, 4) is 5.88 Å². The zero-order valence-electron chi connectivity index (χ0n) is 14.5. The lowest BCUT2D eigenvalue weighted by atomic mass is 10.0. The van der Waals surface area contributed by atoms with E-state index in [2.05, 4.69) is 18.8 Å². The summed E-state index contributed by atoms with van der Waals surface area (Å²) < 4.78 is 11.3. The summed E-state index contributed by atoms with van der Waals surface area (Å²) in [7, 11) is 0. The minimum absolute atomic E-state index is 0.0151. The molecule has 2 heterocycles. The lowest BCUT2D eigenvalue weighted by molar-refractivity contribution is -0.0261. The van der Waals surface area contributed by atoms with Gasteiger partial charge in [-0.1, -0.05) is 26.7 Å². The van der Waals surface area contributed by atoms with Gasteiger partial charge < -0.3 is 14.4 Å². The number of amides is 1. The van der Waals surface area contributed by atoms with Gasteiger partial charge >= 0.3 is 0 Å². The molecule has 0 aliphatic carbocycles. The molecule has 1 aliphatic heterocycles. The molecule has 5 heteroatoms. The van der Waals surface area contributed by atoms with E-state index in [0.29, 0.717) is 43.7 Å². The van der Waals surface area contributed by atoms with Gasteiger partial charge in [-0.25, -0.2) is 4.98 Å².